The van der Waals surface area contributed by atoms with Gasteiger partial charge in [-0.05, 0) is 18.2 Å². The SMILES string of the molecule is C/N=C(C(=N)Nc1ccc(OC)c(Cl)c1)\C(N)=N/C. The summed E-state index contributed by atoms with van der Waals surface area (Å²) in [4.78, 5) is 7.73. The topological polar surface area (TPSA) is 95.8 Å². The van der Waals surface area contributed by atoms with Crippen LogP contribution in [-0.4, -0.2) is 38.6 Å². The second kappa shape index (κ2) is 6.75. The van der Waals surface area contributed by atoms with Gasteiger partial charge >= 0.3 is 0 Å². The summed E-state index contributed by atoms with van der Waals surface area (Å²) >= 11 is 6.00. The van der Waals surface area contributed by atoms with Crippen molar-refractivity contribution in [2.45, 2.75) is 0 Å². The van der Waals surface area contributed by atoms with E-state index < -0.39 is 0 Å². The van der Waals surface area contributed by atoms with Crippen molar-refractivity contribution in [1.29, 1.82) is 5.41 Å². The molecule has 0 aliphatic heterocycles. The zero-order chi connectivity index (χ0) is 14.4. The lowest BCUT2D eigenvalue weighted by atomic mass is 10.2. The van der Waals surface area contributed by atoms with E-state index in [1.165, 1.54) is 14.2 Å². The number of aliphatic imine (C=N–C) groups is 2. The van der Waals surface area contributed by atoms with Gasteiger partial charge in [0.25, 0.3) is 0 Å². The summed E-state index contributed by atoms with van der Waals surface area (Å²) < 4.78 is 5.05. The smallest absolute Gasteiger partial charge is 0.152 e. The highest BCUT2D eigenvalue weighted by Crippen LogP contribution is 2.27. The molecule has 0 fully saturated rings. The molecular formula is C12H16ClN5O. The number of hydrogen-bond donors (Lipinski definition) is 3. The van der Waals surface area contributed by atoms with E-state index in [1.807, 2.05) is 0 Å². The molecule has 1 aromatic rings. The standard InChI is InChI=1S/C12H16ClN5O/c1-16-10(11(14)17-2)12(15)18-7-4-5-9(19-3)8(13)6-7/h4-6H,1-3H3,(H2,14,17)(H2,15,18)/b16-10+. The fourth-order valence-electron chi connectivity index (χ4n) is 1.41. The van der Waals surface area contributed by atoms with Gasteiger partial charge in [0.1, 0.15) is 17.3 Å². The van der Waals surface area contributed by atoms with Crippen molar-refractivity contribution in [1.82, 2.24) is 0 Å². The minimum atomic E-state index is 0.0480. The molecule has 0 aliphatic carbocycles. The first kappa shape index (κ1) is 15.0. The molecule has 4 N–H and O–H groups in total. The molecule has 0 saturated carbocycles. The number of nitrogens with two attached hydrogens (primary N) is 1. The monoisotopic (exact) mass is 281 g/mol. The molecule has 0 radical (unpaired) electrons. The van der Waals surface area contributed by atoms with Gasteiger partial charge < -0.3 is 15.8 Å². The van der Waals surface area contributed by atoms with Crippen LogP contribution in [0.25, 0.3) is 0 Å². The molecule has 0 spiro atoms. The highest BCUT2D eigenvalue weighted by Gasteiger charge is 2.11. The van der Waals surface area contributed by atoms with Crippen LogP contribution in [0.15, 0.2) is 28.2 Å². The normalized spacial score (nSPS) is 12.2. The molecule has 0 unspecified atom stereocenters. The Morgan fingerprint density at radius 2 is 2.05 bits per heavy atom. The van der Waals surface area contributed by atoms with Gasteiger partial charge in [-0.1, -0.05) is 11.6 Å². The van der Waals surface area contributed by atoms with E-state index in [4.69, 9.17) is 27.5 Å². The lowest BCUT2D eigenvalue weighted by Crippen LogP contribution is -2.34. The molecule has 7 heteroatoms. The van der Waals surface area contributed by atoms with E-state index in [2.05, 4.69) is 15.3 Å². The molecule has 6 nitrogen and oxygen atoms in total. The van der Waals surface area contributed by atoms with E-state index in [1.54, 1.807) is 25.2 Å². The maximum absolute atomic E-state index is 7.91. The lowest BCUT2D eigenvalue weighted by molar-refractivity contribution is 0.415. The average molecular weight is 282 g/mol. The minimum absolute atomic E-state index is 0.0480. The van der Waals surface area contributed by atoms with Crippen LogP contribution in [0.4, 0.5) is 5.69 Å². The summed E-state index contributed by atoms with van der Waals surface area (Å²) in [7, 11) is 4.62. The number of amidine groups is 2. The van der Waals surface area contributed by atoms with Gasteiger partial charge in [-0.25, -0.2) is 0 Å². The van der Waals surface area contributed by atoms with Crippen LogP contribution in [0.5, 0.6) is 5.75 Å². The number of ether oxygens (including phenoxy) is 1. The molecule has 1 rings (SSSR count). The Bertz CT molecular complexity index is 539. The maximum Gasteiger partial charge on any atom is 0.152 e. The maximum atomic E-state index is 7.91. The Morgan fingerprint density at radius 3 is 2.53 bits per heavy atom. The molecule has 0 saturated heterocycles. The number of halogens is 1. The second-order valence-corrected chi connectivity index (χ2v) is 3.94. The summed E-state index contributed by atoms with van der Waals surface area (Å²) in [5.74, 6) is 0.809. The van der Waals surface area contributed by atoms with Crippen molar-refractivity contribution >= 4 is 34.7 Å². The van der Waals surface area contributed by atoms with E-state index >= 15 is 0 Å². The van der Waals surface area contributed by atoms with E-state index in [0.29, 0.717) is 16.5 Å². The van der Waals surface area contributed by atoms with Gasteiger partial charge in [-0.3, -0.25) is 15.4 Å². The average Bonchev–Trinajstić information content (AvgIpc) is 2.39. The molecular weight excluding hydrogens is 266 g/mol. The molecule has 102 valence electrons. The van der Waals surface area contributed by atoms with Crippen molar-refractivity contribution < 1.29 is 4.74 Å². The van der Waals surface area contributed by atoms with Crippen LogP contribution in [0.2, 0.25) is 5.02 Å². The predicted molar refractivity (Wildman–Crippen MR) is 80.3 cm³/mol. The van der Waals surface area contributed by atoms with Crippen molar-refractivity contribution in [2.75, 3.05) is 26.5 Å². The number of anilines is 1. The minimum Gasteiger partial charge on any atom is -0.495 e. The third-order valence-corrected chi connectivity index (χ3v) is 2.66. The largest absolute Gasteiger partial charge is 0.495 e. The Morgan fingerprint density at radius 1 is 1.37 bits per heavy atom. The van der Waals surface area contributed by atoms with E-state index in [-0.39, 0.29) is 17.4 Å². The summed E-state index contributed by atoms with van der Waals surface area (Å²) in [6.45, 7) is 0. The van der Waals surface area contributed by atoms with E-state index in [0.717, 1.165) is 0 Å². The van der Waals surface area contributed by atoms with Gasteiger partial charge in [-0.15, -0.1) is 0 Å². The molecule has 1 aromatic carbocycles. The first-order valence-electron chi connectivity index (χ1n) is 5.42. The van der Waals surface area contributed by atoms with Crippen LogP contribution in [0.3, 0.4) is 0 Å². The highest BCUT2D eigenvalue weighted by molar-refractivity contribution is 6.68. The van der Waals surface area contributed by atoms with Crippen molar-refractivity contribution in [3.05, 3.63) is 23.2 Å². The summed E-state index contributed by atoms with van der Waals surface area (Å²) in [6, 6.07) is 5.10. The third-order valence-electron chi connectivity index (χ3n) is 2.37. The Balaban J connectivity index is 2.91. The number of nitrogens with one attached hydrogen (secondary N) is 2. The first-order chi connectivity index (χ1) is 9.03. The third kappa shape index (κ3) is 3.69. The quantitative estimate of drug-likeness (QED) is 0.580. The number of rotatable bonds is 4. The second-order valence-electron chi connectivity index (χ2n) is 3.53. The lowest BCUT2D eigenvalue weighted by Gasteiger charge is -2.11. The van der Waals surface area contributed by atoms with Crippen LogP contribution in [-0.2, 0) is 0 Å². The van der Waals surface area contributed by atoms with Crippen LogP contribution >= 0.6 is 11.6 Å². The first-order valence-corrected chi connectivity index (χ1v) is 5.80. The zero-order valence-electron chi connectivity index (χ0n) is 11.0. The molecule has 19 heavy (non-hydrogen) atoms. The Hall–Kier alpha value is -2.08. The molecule has 0 aliphatic rings. The Kier molecular flexibility index (Phi) is 5.32. The fraction of sp³-hybridized carbons (Fsp3) is 0.250. The van der Waals surface area contributed by atoms with Crippen LogP contribution in [0, 0.1) is 5.41 Å². The zero-order valence-corrected chi connectivity index (χ0v) is 11.7. The van der Waals surface area contributed by atoms with Crippen LogP contribution < -0.4 is 15.8 Å². The van der Waals surface area contributed by atoms with Crippen molar-refractivity contribution in [3.63, 3.8) is 0 Å². The predicted octanol–water partition coefficient (Wildman–Crippen LogP) is 1.80. The molecule has 0 bridgehead atoms. The van der Waals surface area contributed by atoms with Gasteiger partial charge in [0.05, 0.1) is 12.1 Å². The highest BCUT2D eigenvalue weighted by atomic mass is 35.5. The number of methoxy groups -OCH3 is 1. The van der Waals surface area contributed by atoms with Crippen LogP contribution in [0.1, 0.15) is 0 Å². The van der Waals surface area contributed by atoms with Gasteiger partial charge in [0, 0.05) is 19.8 Å². The van der Waals surface area contributed by atoms with Crippen molar-refractivity contribution in [3.8, 4) is 5.75 Å². The van der Waals surface area contributed by atoms with Gasteiger partial charge in [0.2, 0.25) is 0 Å². The number of benzene rings is 1. The van der Waals surface area contributed by atoms with E-state index in [9.17, 15) is 0 Å². The van der Waals surface area contributed by atoms with Crippen molar-refractivity contribution in [2.24, 2.45) is 15.7 Å². The number of nitrogens with zero attached hydrogens (tertiary/aromatic N) is 2. The molecule has 0 amide bonds. The number of hydrogen-bond acceptors (Lipinski definition) is 4. The van der Waals surface area contributed by atoms with Gasteiger partial charge in [-0.2, -0.15) is 0 Å². The van der Waals surface area contributed by atoms with Gasteiger partial charge in [0.15, 0.2) is 5.84 Å². The Labute approximate surface area is 116 Å². The molecule has 0 heterocycles. The summed E-state index contributed by atoms with van der Waals surface area (Å²) in [6.07, 6.45) is 0. The fourth-order valence-corrected chi connectivity index (χ4v) is 1.67. The molecule has 0 aromatic heterocycles. The summed E-state index contributed by atoms with van der Waals surface area (Å²) in [5, 5.41) is 11.2. The molecule has 0 atom stereocenters. The summed E-state index contributed by atoms with van der Waals surface area (Å²) in [5.41, 5.74) is 6.58.